The molecule has 0 aliphatic carbocycles. The van der Waals surface area contributed by atoms with Crippen molar-refractivity contribution in [2.45, 2.75) is 151 Å². The zero-order chi connectivity index (χ0) is 75.0. The monoisotopic (exact) mass is 1470 g/mol. The highest BCUT2D eigenvalue weighted by Crippen LogP contribution is 2.30. The van der Waals surface area contributed by atoms with Crippen LogP contribution in [0.2, 0.25) is 0 Å². The van der Waals surface area contributed by atoms with Crippen LogP contribution in [0.15, 0.2) is 136 Å². The van der Waals surface area contributed by atoms with Crippen LogP contribution in [0.1, 0.15) is 141 Å². The molecule has 0 unspecified atom stereocenters. The van der Waals surface area contributed by atoms with Crippen molar-refractivity contribution in [2.24, 2.45) is 5.92 Å². The summed E-state index contributed by atoms with van der Waals surface area (Å²) in [4.78, 5) is 129. The number of carbonyl (C=O) groups is 6. The van der Waals surface area contributed by atoms with Crippen molar-refractivity contribution in [3.05, 3.63) is 202 Å². The number of pyridine rings is 3. The minimum atomic E-state index is -0.636. The molecular weight excluding hydrogens is 1380 g/mol. The van der Waals surface area contributed by atoms with Crippen LogP contribution in [-0.2, 0) is 67.2 Å². The maximum atomic E-state index is 12.5. The predicted molar refractivity (Wildman–Crippen MR) is 405 cm³/mol. The average molecular weight is 1480 g/mol. The molecule has 28 heteroatoms. The molecule has 0 aliphatic heterocycles. The standard InChI is InChI=1S/C26H34N6O3S.C24H28N6O2S.C22H27N5OS.C3H3ClO/c1-17(32(6)25(34)35-26(3,4)5)24(33)28-11-7-8-20-14-21(31-18(2)30-20)15-23-29-16-22(36-23)19-9-12-27-13-10-19;1-5-23(31)30(4)16(2)24(32)26-10-6-7-19-13-20(29-17(3)28-19)14-22-27-15-21(33-22)18-8-11-25-12-9-18;1-4-15(2)22(28)24-9-5-6-18-12-19(27-16(3)26-18)13-21-25-14-20(29-21)17-7-10-23-11-8-17;1-2-3(4)5/h9-10,12-14,16-17H,7-8,11,15H2,1-6H3,(H,28,33);5,8-9,11-13,15-16H,1,6-7,10,14H2,2-4H3,(H,26,32);7-8,10-12,14-15H,4-6,9,13H2,1-3H3,(H,24,28);2H,1H2/t17-;16-;15-;/m001./s1. The average Bonchev–Trinajstić information content (AvgIpc) is 1.76. The minimum Gasteiger partial charge on any atom is -0.444 e. The van der Waals surface area contributed by atoms with Crippen molar-refractivity contribution >= 4 is 80.6 Å². The molecule has 0 bridgehead atoms. The lowest BCUT2D eigenvalue weighted by atomic mass is 10.1. The highest BCUT2D eigenvalue weighted by atomic mass is 35.5. The number of hydrogen-bond acceptors (Lipinski definition) is 22. The Hall–Kier alpha value is -9.83. The van der Waals surface area contributed by atoms with E-state index < -0.39 is 29.0 Å². The van der Waals surface area contributed by atoms with Crippen LogP contribution < -0.4 is 16.0 Å². The Morgan fingerprint density at radius 1 is 0.515 bits per heavy atom. The first-order valence-electron chi connectivity index (χ1n) is 33.8. The van der Waals surface area contributed by atoms with Gasteiger partial charge in [0.15, 0.2) is 0 Å². The second-order valence-electron chi connectivity index (χ2n) is 24.9. The first-order valence-corrected chi connectivity index (χ1v) is 36.6. The fourth-order valence-corrected chi connectivity index (χ4v) is 12.4. The van der Waals surface area contributed by atoms with Gasteiger partial charge in [-0.1, -0.05) is 27.0 Å². The number of ether oxygens (including phenoxy) is 1. The van der Waals surface area contributed by atoms with E-state index in [2.05, 4.69) is 95.0 Å². The lowest BCUT2D eigenvalue weighted by Crippen LogP contribution is -2.47. The zero-order valence-corrected chi connectivity index (χ0v) is 63.8. The van der Waals surface area contributed by atoms with Gasteiger partial charge in [0.25, 0.3) is 0 Å². The van der Waals surface area contributed by atoms with Gasteiger partial charge in [0.1, 0.15) is 35.2 Å². The van der Waals surface area contributed by atoms with Crippen molar-refractivity contribution < 1.29 is 33.5 Å². The first kappa shape index (κ1) is 82.1. The van der Waals surface area contributed by atoms with Gasteiger partial charge in [-0.3, -0.25) is 43.8 Å². The Balaban J connectivity index is 0.000000236. The van der Waals surface area contributed by atoms with Gasteiger partial charge in [0.2, 0.25) is 28.9 Å². The second-order valence-corrected chi connectivity index (χ2v) is 28.6. The Morgan fingerprint density at radius 2 is 0.825 bits per heavy atom. The molecular formula is C75H92ClN17O7S3. The molecule has 103 heavy (non-hydrogen) atoms. The maximum absolute atomic E-state index is 12.5. The van der Waals surface area contributed by atoms with E-state index in [0.717, 1.165) is 124 Å². The topological polar surface area (TPSA) is 309 Å². The van der Waals surface area contributed by atoms with E-state index in [1.807, 2.05) is 102 Å². The highest BCUT2D eigenvalue weighted by molar-refractivity contribution is 7.15. The van der Waals surface area contributed by atoms with E-state index >= 15 is 0 Å². The number of rotatable bonds is 29. The summed E-state index contributed by atoms with van der Waals surface area (Å²) in [5.74, 6) is 1.69. The van der Waals surface area contributed by atoms with Gasteiger partial charge in [0, 0.05) is 132 Å². The molecule has 0 saturated heterocycles. The number of hydrogen-bond donors (Lipinski definition) is 3. The molecule has 0 fully saturated rings. The Kier molecular flexibility index (Phi) is 33.4. The minimum absolute atomic E-state index is 0.0678. The smallest absolute Gasteiger partial charge is 0.410 e. The molecule has 3 atom stereocenters. The fourth-order valence-electron chi connectivity index (χ4n) is 9.62. The van der Waals surface area contributed by atoms with Crippen molar-refractivity contribution in [3.63, 3.8) is 0 Å². The second kappa shape index (κ2) is 41.9. The number of aryl methyl sites for hydroxylation is 6. The number of likely N-dealkylation sites (N-methyl/N-ethyl adjacent to an activating group) is 2. The van der Waals surface area contributed by atoms with E-state index in [1.165, 1.54) is 15.9 Å². The third-order valence-electron chi connectivity index (χ3n) is 15.5. The molecule has 9 aromatic heterocycles. The van der Waals surface area contributed by atoms with E-state index in [1.54, 1.807) is 120 Å². The summed E-state index contributed by atoms with van der Waals surface area (Å²) in [6.45, 7) is 26.6. The van der Waals surface area contributed by atoms with E-state index in [4.69, 9.17) is 16.3 Å². The van der Waals surface area contributed by atoms with Gasteiger partial charge in [0.05, 0.1) is 46.7 Å². The quantitative estimate of drug-likeness (QED) is 0.0223. The number of amides is 5. The number of nitrogens with one attached hydrogen (secondary N) is 3. The molecule has 9 aromatic rings. The first-order chi connectivity index (χ1) is 49.2. The van der Waals surface area contributed by atoms with Crippen LogP contribution in [0, 0.1) is 26.7 Å². The van der Waals surface area contributed by atoms with Crippen molar-refractivity contribution in [3.8, 4) is 31.3 Å². The van der Waals surface area contributed by atoms with Gasteiger partial charge in [-0.05, 0) is 195 Å². The van der Waals surface area contributed by atoms with Crippen LogP contribution in [0.3, 0.4) is 0 Å². The summed E-state index contributed by atoms with van der Waals surface area (Å²) in [6.07, 6.45) is 25.4. The largest absolute Gasteiger partial charge is 0.444 e. The maximum Gasteiger partial charge on any atom is 0.410 e. The fraction of sp³-hybridized carbons (Fsp3) is 0.387. The number of allylic oxidation sites excluding steroid dienone is 1. The summed E-state index contributed by atoms with van der Waals surface area (Å²) < 4.78 is 5.33. The van der Waals surface area contributed by atoms with Crippen LogP contribution in [-0.4, -0.2) is 156 Å². The number of halogens is 1. The SMILES string of the molecule is C=CC(=O)Cl.C=CC(=O)N(C)[C@@H](C)C(=O)NCCCc1cc(Cc2ncc(-c3ccncc3)s2)nc(C)n1.CC[C@@H](C)C(=O)NCCCc1cc(Cc2ncc(-c3ccncc3)s2)nc(C)n1.Cc1nc(CCCNC(=O)[C@H](C)N(C)C(=O)OC(C)(C)C)cc(Cc2ncc(-c3ccncc3)s2)n1. The lowest BCUT2D eigenvalue weighted by molar-refractivity contribution is -0.135. The number of aromatic nitrogens is 12. The highest BCUT2D eigenvalue weighted by Gasteiger charge is 2.27. The summed E-state index contributed by atoms with van der Waals surface area (Å²) in [6, 6.07) is 16.7. The normalized spacial score (nSPS) is 11.7. The molecule has 3 N–H and O–H groups in total. The molecule has 0 aromatic carbocycles. The van der Waals surface area contributed by atoms with Gasteiger partial charge < -0.3 is 25.6 Å². The summed E-state index contributed by atoms with van der Waals surface area (Å²) >= 11 is 9.67. The molecule has 0 spiro atoms. The third-order valence-corrected chi connectivity index (χ3v) is 18.7. The number of carbonyl (C=O) groups excluding carboxylic acids is 6. The molecule has 0 radical (unpaired) electrons. The van der Waals surface area contributed by atoms with Gasteiger partial charge in [-0.25, -0.2) is 49.7 Å². The van der Waals surface area contributed by atoms with Gasteiger partial charge in [-0.2, -0.15) is 0 Å². The van der Waals surface area contributed by atoms with Crippen LogP contribution in [0.25, 0.3) is 31.3 Å². The van der Waals surface area contributed by atoms with Gasteiger partial charge >= 0.3 is 6.09 Å². The van der Waals surface area contributed by atoms with Gasteiger partial charge in [-0.15, -0.1) is 34.0 Å². The third kappa shape index (κ3) is 28.8. The van der Waals surface area contributed by atoms with E-state index in [-0.39, 0.29) is 29.5 Å². The van der Waals surface area contributed by atoms with E-state index in [0.29, 0.717) is 64.0 Å². The molecule has 544 valence electrons. The Bertz CT molecular complexity index is 4230. The van der Waals surface area contributed by atoms with E-state index in [9.17, 15) is 28.8 Å². The number of nitrogens with zero attached hydrogens (tertiary/aromatic N) is 14. The number of thiazole rings is 3. The van der Waals surface area contributed by atoms with Crippen molar-refractivity contribution in [1.82, 2.24) is 85.6 Å². The zero-order valence-electron chi connectivity index (χ0n) is 60.6. The molecule has 0 saturated carbocycles. The van der Waals surface area contributed by atoms with Crippen LogP contribution in [0.5, 0.6) is 0 Å². The Labute approximate surface area is 620 Å². The lowest BCUT2D eigenvalue weighted by Gasteiger charge is -2.28. The Morgan fingerprint density at radius 3 is 1.13 bits per heavy atom. The van der Waals surface area contributed by atoms with Crippen LogP contribution >= 0.6 is 45.6 Å². The van der Waals surface area contributed by atoms with Crippen LogP contribution in [0.4, 0.5) is 4.79 Å². The molecule has 0 aliphatic rings. The molecule has 24 nitrogen and oxygen atoms in total. The predicted octanol–water partition coefficient (Wildman–Crippen LogP) is 12.1. The van der Waals surface area contributed by atoms with Crippen molar-refractivity contribution in [1.29, 1.82) is 0 Å². The molecule has 9 rings (SSSR count). The molecule has 9 heterocycles. The summed E-state index contributed by atoms with van der Waals surface area (Å²) in [7, 11) is 3.15. The summed E-state index contributed by atoms with van der Waals surface area (Å²) in [5.41, 5.74) is 8.41. The molecule has 5 amide bonds. The van der Waals surface area contributed by atoms with Crippen molar-refractivity contribution in [2.75, 3.05) is 33.7 Å². The summed E-state index contributed by atoms with van der Waals surface area (Å²) in [5, 5.41) is 11.3.